The number of hydrogen-bond acceptors (Lipinski definition) is 12. The van der Waals surface area contributed by atoms with Gasteiger partial charge in [0, 0.05) is 18.5 Å². The predicted molar refractivity (Wildman–Crippen MR) is 144 cm³/mol. The lowest BCUT2D eigenvalue weighted by Crippen LogP contribution is -2.43. The van der Waals surface area contributed by atoms with Crippen LogP contribution in [0.2, 0.25) is 0 Å². The van der Waals surface area contributed by atoms with Gasteiger partial charge in [0.05, 0.1) is 18.8 Å². The van der Waals surface area contributed by atoms with Gasteiger partial charge in [0.1, 0.15) is 18.3 Å². The Balaban J connectivity index is 1.51. The summed E-state index contributed by atoms with van der Waals surface area (Å²) in [4.78, 5) is 66.2. The molecule has 0 saturated carbocycles. The minimum atomic E-state index is -5.79. The van der Waals surface area contributed by atoms with E-state index in [2.05, 4.69) is 18.1 Å². The summed E-state index contributed by atoms with van der Waals surface area (Å²) in [7, 11) is -17.0. The molecule has 3 aromatic rings. The van der Waals surface area contributed by atoms with E-state index in [1.54, 1.807) is 12.1 Å². The summed E-state index contributed by atoms with van der Waals surface area (Å²) in [5, 5.41) is 20.9. The molecule has 6 atom stereocenters. The van der Waals surface area contributed by atoms with Gasteiger partial charge in [-0.1, -0.05) is 24.3 Å². The third-order valence-electron chi connectivity index (χ3n) is 6.12. The number of rotatable bonds is 11. The number of phosphoric ester groups is 1. The van der Waals surface area contributed by atoms with E-state index in [-0.39, 0.29) is 6.54 Å². The number of phosphoric acid groups is 3. The second-order valence-electron chi connectivity index (χ2n) is 9.21. The number of pyridine rings is 1. The Bertz CT molecular complexity index is 1760. The zero-order valence-corrected chi connectivity index (χ0v) is 24.6. The molecule has 43 heavy (non-hydrogen) atoms. The fourth-order valence-electron chi connectivity index (χ4n) is 4.23. The van der Waals surface area contributed by atoms with Crippen molar-refractivity contribution in [2.24, 2.45) is 0 Å². The molecule has 1 aromatic carbocycles. The number of benzene rings is 1. The van der Waals surface area contributed by atoms with Crippen LogP contribution in [-0.4, -0.2) is 68.8 Å². The van der Waals surface area contributed by atoms with Crippen molar-refractivity contribution < 1.29 is 61.4 Å². The summed E-state index contributed by atoms with van der Waals surface area (Å²) in [6.07, 6.45) is -4.42. The van der Waals surface area contributed by atoms with Gasteiger partial charge < -0.3 is 34.5 Å². The maximum Gasteiger partial charge on any atom is 0.490 e. The van der Waals surface area contributed by atoms with Crippen molar-refractivity contribution in [2.45, 2.75) is 38.0 Å². The van der Waals surface area contributed by atoms with Gasteiger partial charge in [-0.2, -0.15) is 8.62 Å². The Morgan fingerprint density at radius 3 is 2.33 bits per heavy atom. The molecule has 234 valence electrons. The van der Waals surface area contributed by atoms with E-state index in [1.165, 1.54) is 6.20 Å². The van der Waals surface area contributed by atoms with Crippen LogP contribution in [-0.2, 0) is 38.1 Å². The molecule has 1 aliphatic heterocycles. The lowest BCUT2D eigenvalue weighted by Gasteiger charge is -2.19. The summed E-state index contributed by atoms with van der Waals surface area (Å²) < 4.78 is 52.9. The smallest absolute Gasteiger partial charge is 0.387 e. The predicted octanol–water partition coefficient (Wildman–Crippen LogP) is 0.391. The average molecular weight is 665 g/mol. The summed E-state index contributed by atoms with van der Waals surface area (Å²) in [5.41, 5.74) is 1.40. The van der Waals surface area contributed by atoms with Crippen molar-refractivity contribution in [1.29, 1.82) is 0 Å². The molecule has 6 N–H and O–H groups in total. The lowest BCUT2D eigenvalue weighted by atomic mass is 10.0. The molecule has 4 rings (SSSR count). The van der Waals surface area contributed by atoms with Crippen LogP contribution in [0.1, 0.15) is 17.5 Å². The minimum absolute atomic E-state index is 0.265. The van der Waals surface area contributed by atoms with Crippen LogP contribution in [0, 0.1) is 6.92 Å². The fraction of sp³-hybridized carbons (Fsp3) is 0.318. The van der Waals surface area contributed by atoms with Crippen molar-refractivity contribution in [2.75, 3.05) is 6.61 Å². The Hall–Kier alpha value is -2.66. The largest absolute Gasteiger partial charge is 0.490 e. The molecular weight excluding hydrogens is 639 g/mol. The quantitative estimate of drug-likeness (QED) is 0.151. The highest BCUT2D eigenvalue weighted by molar-refractivity contribution is 7.66. The van der Waals surface area contributed by atoms with Crippen LogP contribution in [0.25, 0.3) is 11.1 Å². The number of aromatic nitrogens is 3. The first-order valence-corrected chi connectivity index (χ1v) is 16.6. The van der Waals surface area contributed by atoms with Gasteiger partial charge in [-0.15, -0.1) is 0 Å². The maximum absolute atomic E-state index is 13.3. The van der Waals surface area contributed by atoms with E-state index in [1.807, 2.05) is 31.2 Å². The topological polar surface area (TPSA) is 266 Å². The number of nitrogens with zero attached hydrogens (tertiary/aromatic N) is 3. The molecule has 18 nitrogen and oxygen atoms in total. The molecule has 3 heterocycles. The van der Waals surface area contributed by atoms with Crippen LogP contribution < -0.4 is 11.2 Å². The summed E-state index contributed by atoms with van der Waals surface area (Å²) in [6, 6.07) is 12.1. The van der Waals surface area contributed by atoms with E-state index >= 15 is 0 Å². The van der Waals surface area contributed by atoms with E-state index < -0.39 is 65.9 Å². The van der Waals surface area contributed by atoms with E-state index in [0.29, 0.717) is 5.69 Å². The summed E-state index contributed by atoms with van der Waals surface area (Å²) in [6.45, 7) is 0.579. The molecular formula is C22H26N3O15P3. The second-order valence-corrected chi connectivity index (χ2v) is 13.6. The standard InChI is InChI=1S/C22H26N3O15P3/c1-13-4-2-3-5-16(13)14-6-8-23-15(10-14)11-25-18(26)7-9-24(22(25)29)21-20(28)19(27)17(38-21)12-37-42(33,34)40-43(35,36)39-41(30,31)32/h2-10,17,19-21,27-28H,11-12H2,1H3,(H,33,34)(H,35,36)(H2,30,31,32)/t17-,19?,20?,21-/m1/s1. The number of aliphatic hydroxyl groups excluding tert-OH is 2. The number of ether oxygens (including phenoxy) is 1. The first-order valence-electron chi connectivity index (χ1n) is 12.1. The highest BCUT2D eigenvalue weighted by atomic mass is 31.3. The Morgan fingerprint density at radius 1 is 0.953 bits per heavy atom. The van der Waals surface area contributed by atoms with Crippen LogP contribution in [0.3, 0.4) is 0 Å². The first kappa shape index (κ1) is 33.2. The van der Waals surface area contributed by atoms with Gasteiger partial charge in [-0.25, -0.2) is 18.5 Å². The van der Waals surface area contributed by atoms with Crippen LogP contribution in [0.15, 0.2) is 64.4 Å². The zero-order chi connectivity index (χ0) is 31.7. The molecule has 0 amide bonds. The minimum Gasteiger partial charge on any atom is -0.387 e. The Kier molecular flexibility index (Phi) is 9.86. The van der Waals surface area contributed by atoms with Crippen LogP contribution in [0.5, 0.6) is 0 Å². The van der Waals surface area contributed by atoms with Crippen molar-refractivity contribution in [3.8, 4) is 11.1 Å². The Labute approximate surface area is 241 Å². The molecule has 0 spiro atoms. The molecule has 1 fully saturated rings. The molecule has 1 saturated heterocycles. The third-order valence-corrected chi connectivity index (χ3v) is 9.92. The Morgan fingerprint density at radius 2 is 1.65 bits per heavy atom. The third kappa shape index (κ3) is 8.29. The number of aryl methyl sites for hydroxylation is 1. The molecule has 4 unspecified atom stereocenters. The SMILES string of the molecule is Cc1ccccc1-c1ccnc(Cn2c(=O)ccn([C@@H]3O[C@H](COP(=O)(O)OP(=O)(O)OP(=O)(O)O)C(O)C3O)c2=O)c1. The monoisotopic (exact) mass is 665 g/mol. The van der Waals surface area contributed by atoms with Gasteiger partial charge >= 0.3 is 29.2 Å². The summed E-state index contributed by atoms with van der Waals surface area (Å²) in [5.74, 6) is 0. The zero-order valence-electron chi connectivity index (χ0n) is 22.0. The molecule has 0 bridgehead atoms. The van der Waals surface area contributed by atoms with Crippen molar-refractivity contribution in [3.05, 3.63) is 87.0 Å². The van der Waals surface area contributed by atoms with Crippen molar-refractivity contribution in [1.82, 2.24) is 14.1 Å². The molecule has 21 heteroatoms. The van der Waals surface area contributed by atoms with Crippen LogP contribution >= 0.6 is 23.5 Å². The van der Waals surface area contributed by atoms with Crippen molar-refractivity contribution in [3.63, 3.8) is 0 Å². The van der Waals surface area contributed by atoms with Gasteiger partial charge in [-0.05, 0) is 35.7 Å². The highest BCUT2D eigenvalue weighted by Crippen LogP contribution is 2.66. The lowest BCUT2D eigenvalue weighted by molar-refractivity contribution is -0.0547. The van der Waals surface area contributed by atoms with E-state index in [0.717, 1.165) is 38.1 Å². The van der Waals surface area contributed by atoms with Gasteiger partial charge in [0.25, 0.3) is 5.56 Å². The van der Waals surface area contributed by atoms with Gasteiger partial charge in [0.15, 0.2) is 6.23 Å². The molecule has 0 radical (unpaired) electrons. The van der Waals surface area contributed by atoms with Crippen molar-refractivity contribution >= 4 is 23.5 Å². The molecule has 0 aliphatic carbocycles. The number of hydrogen-bond donors (Lipinski definition) is 6. The average Bonchev–Trinajstić information content (AvgIpc) is 3.17. The maximum atomic E-state index is 13.3. The first-order chi connectivity index (χ1) is 20.0. The molecule has 1 aliphatic rings. The van der Waals surface area contributed by atoms with Gasteiger partial charge in [0.2, 0.25) is 0 Å². The van der Waals surface area contributed by atoms with E-state index in [4.69, 9.17) is 14.5 Å². The normalized spacial score (nSPS) is 23.5. The molecule has 2 aromatic heterocycles. The second kappa shape index (κ2) is 12.8. The highest BCUT2D eigenvalue weighted by Gasteiger charge is 2.47. The summed E-state index contributed by atoms with van der Waals surface area (Å²) >= 11 is 0. The van der Waals surface area contributed by atoms with Gasteiger partial charge in [-0.3, -0.25) is 23.4 Å². The number of aliphatic hydroxyl groups is 2. The van der Waals surface area contributed by atoms with Crippen LogP contribution in [0.4, 0.5) is 0 Å². The van der Waals surface area contributed by atoms with E-state index in [9.17, 15) is 43.3 Å². The fourth-order valence-corrected chi connectivity index (χ4v) is 7.26.